The van der Waals surface area contributed by atoms with Gasteiger partial charge in [0.05, 0.1) is 0 Å². The third-order valence-corrected chi connectivity index (χ3v) is 3.96. The molecule has 2 N–H and O–H groups in total. The highest BCUT2D eigenvalue weighted by Crippen LogP contribution is 2.20. The summed E-state index contributed by atoms with van der Waals surface area (Å²) in [4.78, 5) is 23.2. The van der Waals surface area contributed by atoms with Gasteiger partial charge in [0, 0.05) is 12.1 Å². The molecule has 0 bridgehead atoms. The number of benzene rings is 2. The molecule has 0 aliphatic heterocycles. The highest BCUT2D eigenvalue weighted by Gasteiger charge is 2.29. The molecule has 2 aromatic carbocycles. The van der Waals surface area contributed by atoms with Crippen molar-refractivity contribution in [1.29, 1.82) is 0 Å². The molecular formula is C21H25NO4. The summed E-state index contributed by atoms with van der Waals surface area (Å²) >= 11 is 0. The molecule has 0 saturated heterocycles. The minimum absolute atomic E-state index is 0.0395. The zero-order valence-corrected chi connectivity index (χ0v) is 15.6. The number of hydrogen-bond donors (Lipinski definition) is 2. The lowest BCUT2D eigenvalue weighted by Crippen LogP contribution is -2.37. The quantitative estimate of drug-likeness (QED) is 0.783. The van der Waals surface area contributed by atoms with Crippen LogP contribution in [0.5, 0.6) is 5.75 Å². The van der Waals surface area contributed by atoms with Gasteiger partial charge in [0.15, 0.2) is 5.60 Å². The molecule has 1 amide bonds. The molecule has 0 atom stereocenters. The smallest absolute Gasteiger partial charge is 0.347 e. The summed E-state index contributed by atoms with van der Waals surface area (Å²) in [5, 5.41) is 12.0. The van der Waals surface area contributed by atoms with Crippen molar-refractivity contribution in [2.24, 2.45) is 0 Å². The van der Waals surface area contributed by atoms with Crippen LogP contribution in [0.3, 0.4) is 0 Å². The summed E-state index contributed by atoms with van der Waals surface area (Å²) in [6.07, 6.45) is 0.965. The van der Waals surface area contributed by atoms with Gasteiger partial charge in [-0.15, -0.1) is 0 Å². The van der Waals surface area contributed by atoms with E-state index >= 15 is 0 Å². The Hall–Kier alpha value is -2.82. The molecular weight excluding hydrogens is 330 g/mol. The molecule has 5 heteroatoms. The van der Waals surface area contributed by atoms with Crippen LogP contribution in [0, 0.1) is 13.8 Å². The first-order valence-corrected chi connectivity index (χ1v) is 8.55. The fourth-order valence-corrected chi connectivity index (χ4v) is 2.59. The summed E-state index contributed by atoms with van der Waals surface area (Å²) in [6, 6.07) is 13.1. The molecule has 5 nitrogen and oxygen atoms in total. The van der Waals surface area contributed by atoms with E-state index in [9.17, 15) is 9.59 Å². The van der Waals surface area contributed by atoms with Crippen molar-refractivity contribution in [3.8, 4) is 5.75 Å². The molecule has 0 aromatic heterocycles. The van der Waals surface area contributed by atoms with Crippen molar-refractivity contribution in [2.45, 2.75) is 46.1 Å². The molecule has 138 valence electrons. The first-order chi connectivity index (χ1) is 12.2. The van der Waals surface area contributed by atoms with E-state index in [4.69, 9.17) is 9.84 Å². The number of carboxylic acid groups (broad SMARTS) is 1. The summed E-state index contributed by atoms with van der Waals surface area (Å²) < 4.78 is 5.47. The molecule has 0 aliphatic carbocycles. The van der Waals surface area contributed by atoms with Gasteiger partial charge in [-0.25, -0.2) is 4.79 Å². The first-order valence-electron chi connectivity index (χ1n) is 8.55. The van der Waals surface area contributed by atoms with Crippen molar-refractivity contribution in [3.05, 3.63) is 59.2 Å². The Morgan fingerprint density at radius 3 is 2.15 bits per heavy atom. The zero-order chi connectivity index (χ0) is 19.3. The Labute approximate surface area is 154 Å². The number of carbonyl (C=O) groups excluding carboxylic acids is 1. The molecule has 0 spiro atoms. The molecule has 0 fully saturated rings. The number of aliphatic carboxylic acids is 1. The van der Waals surface area contributed by atoms with Crippen molar-refractivity contribution >= 4 is 17.6 Å². The van der Waals surface area contributed by atoms with E-state index in [0.29, 0.717) is 18.6 Å². The van der Waals surface area contributed by atoms with Crippen LogP contribution in [0.1, 0.15) is 37.0 Å². The number of carbonyl (C=O) groups is 2. The average molecular weight is 355 g/mol. The maximum Gasteiger partial charge on any atom is 0.347 e. The second kappa shape index (κ2) is 8.04. The lowest BCUT2D eigenvalue weighted by Gasteiger charge is -2.21. The molecule has 0 aliphatic rings. The minimum atomic E-state index is -1.28. The number of rotatable bonds is 7. The van der Waals surface area contributed by atoms with Crippen LogP contribution in [0.4, 0.5) is 5.69 Å². The number of hydrogen-bond acceptors (Lipinski definition) is 3. The van der Waals surface area contributed by atoms with Crippen LogP contribution in [-0.2, 0) is 16.0 Å². The summed E-state index contributed by atoms with van der Waals surface area (Å²) in [7, 11) is 0. The Morgan fingerprint density at radius 1 is 1.04 bits per heavy atom. The Morgan fingerprint density at radius 2 is 1.62 bits per heavy atom. The van der Waals surface area contributed by atoms with Gasteiger partial charge < -0.3 is 15.2 Å². The second-order valence-corrected chi connectivity index (χ2v) is 6.99. The third kappa shape index (κ3) is 5.62. The summed E-state index contributed by atoms with van der Waals surface area (Å²) in [5.74, 6) is -0.576. The molecule has 0 heterocycles. The summed E-state index contributed by atoms with van der Waals surface area (Å²) in [5.41, 5.74) is 2.74. The van der Waals surface area contributed by atoms with Gasteiger partial charge >= 0.3 is 5.97 Å². The average Bonchev–Trinajstić information content (AvgIpc) is 2.52. The van der Waals surface area contributed by atoms with Crippen molar-refractivity contribution < 1.29 is 19.4 Å². The minimum Gasteiger partial charge on any atom is -0.478 e. The van der Waals surface area contributed by atoms with E-state index < -0.39 is 11.6 Å². The van der Waals surface area contributed by atoms with E-state index in [1.807, 2.05) is 38.1 Å². The van der Waals surface area contributed by atoms with Crippen LogP contribution in [0.2, 0.25) is 0 Å². The van der Waals surface area contributed by atoms with E-state index in [0.717, 1.165) is 22.4 Å². The van der Waals surface area contributed by atoms with Crippen molar-refractivity contribution in [3.63, 3.8) is 0 Å². The number of anilines is 1. The molecule has 2 aromatic rings. The fraction of sp³-hybridized carbons (Fsp3) is 0.333. The van der Waals surface area contributed by atoms with Crippen LogP contribution >= 0.6 is 0 Å². The monoisotopic (exact) mass is 355 g/mol. The van der Waals surface area contributed by atoms with E-state index in [1.165, 1.54) is 13.8 Å². The molecule has 26 heavy (non-hydrogen) atoms. The predicted molar refractivity (Wildman–Crippen MR) is 102 cm³/mol. The second-order valence-electron chi connectivity index (χ2n) is 6.99. The zero-order valence-electron chi connectivity index (χ0n) is 15.6. The van der Waals surface area contributed by atoms with Crippen LogP contribution in [0.25, 0.3) is 0 Å². The van der Waals surface area contributed by atoms with E-state index in [-0.39, 0.29) is 5.91 Å². The lowest BCUT2D eigenvalue weighted by atomic mass is 10.1. The lowest BCUT2D eigenvalue weighted by molar-refractivity contribution is -0.152. The topological polar surface area (TPSA) is 75.6 Å². The van der Waals surface area contributed by atoms with E-state index in [2.05, 4.69) is 11.4 Å². The van der Waals surface area contributed by atoms with Gasteiger partial charge in [0.1, 0.15) is 5.75 Å². The van der Waals surface area contributed by atoms with Crippen LogP contribution in [0.15, 0.2) is 42.5 Å². The van der Waals surface area contributed by atoms with Gasteiger partial charge in [-0.3, -0.25) is 4.79 Å². The first kappa shape index (κ1) is 19.5. The normalized spacial score (nSPS) is 11.1. The molecule has 0 saturated carbocycles. The summed E-state index contributed by atoms with van der Waals surface area (Å²) in [6.45, 7) is 7.00. The van der Waals surface area contributed by atoms with Gasteiger partial charge in [-0.05, 0) is 75.1 Å². The largest absolute Gasteiger partial charge is 0.478 e. The Bertz CT molecular complexity index is 774. The van der Waals surface area contributed by atoms with Crippen molar-refractivity contribution in [2.75, 3.05) is 5.32 Å². The third-order valence-electron chi connectivity index (χ3n) is 3.96. The maximum absolute atomic E-state index is 12.1. The van der Waals surface area contributed by atoms with Gasteiger partial charge in [0.25, 0.3) is 0 Å². The highest BCUT2D eigenvalue weighted by molar-refractivity contribution is 5.91. The van der Waals surface area contributed by atoms with Crippen LogP contribution in [-0.4, -0.2) is 22.6 Å². The Kier molecular flexibility index (Phi) is 6.03. The van der Waals surface area contributed by atoms with Crippen molar-refractivity contribution in [1.82, 2.24) is 0 Å². The fourth-order valence-electron chi connectivity index (χ4n) is 2.59. The number of carboxylic acids is 1. The molecule has 0 unspecified atom stereocenters. The standard InChI is InChI=1S/C21H25NO4/c1-14-11-15(2)13-17(12-14)22-19(23)10-7-16-5-8-18(9-6-16)26-21(3,4)20(24)25/h5-6,8-9,11-13H,7,10H2,1-4H3,(H,22,23)(H,24,25). The molecule has 2 rings (SSSR count). The number of nitrogens with one attached hydrogen (secondary N) is 1. The SMILES string of the molecule is Cc1cc(C)cc(NC(=O)CCc2ccc(OC(C)(C)C(=O)O)cc2)c1. The van der Waals surface area contributed by atoms with Crippen LogP contribution < -0.4 is 10.1 Å². The van der Waals surface area contributed by atoms with E-state index in [1.54, 1.807) is 12.1 Å². The maximum atomic E-state index is 12.1. The molecule has 0 radical (unpaired) electrons. The van der Waals surface area contributed by atoms with Gasteiger partial charge in [-0.2, -0.15) is 0 Å². The van der Waals surface area contributed by atoms with Gasteiger partial charge in [-0.1, -0.05) is 18.2 Å². The number of aryl methyl sites for hydroxylation is 3. The predicted octanol–water partition coefficient (Wildman–Crippen LogP) is 4.12. The number of ether oxygens (including phenoxy) is 1. The Balaban J connectivity index is 1.89. The highest BCUT2D eigenvalue weighted by atomic mass is 16.5. The van der Waals surface area contributed by atoms with Gasteiger partial charge in [0.2, 0.25) is 5.91 Å². The number of amides is 1.